The minimum atomic E-state index is -1.08. The van der Waals surface area contributed by atoms with Gasteiger partial charge in [-0.3, -0.25) is 9.59 Å². The highest BCUT2D eigenvalue weighted by Gasteiger charge is 2.24. The van der Waals surface area contributed by atoms with Crippen molar-refractivity contribution in [2.75, 3.05) is 33.3 Å². The molecule has 152 valence electrons. The maximum Gasteiger partial charge on any atom is 0.254 e. The monoisotopic (exact) mass is 404 g/mol. The first-order valence-corrected chi connectivity index (χ1v) is 8.94. The fourth-order valence-corrected chi connectivity index (χ4v) is 3.00. The summed E-state index contributed by atoms with van der Waals surface area (Å²) in [6.45, 7) is 1.15. The maximum absolute atomic E-state index is 13.7. The maximum atomic E-state index is 13.7. The molecule has 0 N–H and O–H groups in total. The molecular weight excluding hydrogens is 385 g/mol. The third-order valence-corrected chi connectivity index (χ3v) is 4.64. The third kappa shape index (κ3) is 4.77. The number of piperazine rings is 1. The smallest absolute Gasteiger partial charge is 0.254 e. The lowest BCUT2D eigenvalue weighted by atomic mass is 10.1. The molecule has 1 aliphatic rings. The van der Waals surface area contributed by atoms with Gasteiger partial charge in [0.25, 0.3) is 5.91 Å². The van der Waals surface area contributed by atoms with Gasteiger partial charge < -0.3 is 14.5 Å². The lowest BCUT2D eigenvalue weighted by molar-refractivity contribution is -0.127. The van der Waals surface area contributed by atoms with Gasteiger partial charge in [0.05, 0.1) is 7.11 Å². The molecule has 3 rings (SSSR count). The normalized spacial score (nSPS) is 14.3. The van der Waals surface area contributed by atoms with Crippen LogP contribution >= 0.6 is 0 Å². The largest absolute Gasteiger partial charge is 0.494 e. The summed E-state index contributed by atoms with van der Waals surface area (Å²) in [4.78, 5) is 27.8. The molecule has 0 aromatic heterocycles. The highest BCUT2D eigenvalue weighted by atomic mass is 19.2. The fraction of sp³-hybridized carbons (Fsp3) is 0.238. The SMILES string of the molecule is COc1ccc(/C=C/C(=O)N2CCN(C(=O)c3ccc(F)c(F)c3)CC2)cc1F. The van der Waals surface area contributed by atoms with E-state index in [0.29, 0.717) is 18.7 Å². The molecule has 0 bridgehead atoms. The number of carbonyl (C=O) groups excluding carboxylic acids is 2. The minimum Gasteiger partial charge on any atom is -0.494 e. The first-order valence-electron chi connectivity index (χ1n) is 8.94. The van der Waals surface area contributed by atoms with Crippen LogP contribution in [0.1, 0.15) is 15.9 Å². The van der Waals surface area contributed by atoms with Gasteiger partial charge >= 0.3 is 0 Å². The van der Waals surface area contributed by atoms with Gasteiger partial charge in [-0.05, 0) is 42.0 Å². The molecule has 1 heterocycles. The molecular formula is C21H19F3N2O3. The van der Waals surface area contributed by atoms with Crippen LogP contribution in [0.25, 0.3) is 6.08 Å². The molecule has 8 heteroatoms. The molecule has 5 nitrogen and oxygen atoms in total. The van der Waals surface area contributed by atoms with Gasteiger partial charge in [0.1, 0.15) is 0 Å². The molecule has 2 aromatic rings. The number of amides is 2. The summed E-state index contributed by atoms with van der Waals surface area (Å²) < 4.78 is 44.9. The van der Waals surface area contributed by atoms with E-state index in [-0.39, 0.29) is 30.3 Å². The molecule has 0 spiro atoms. The predicted octanol–water partition coefficient (Wildman–Crippen LogP) is 3.11. The zero-order valence-corrected chi connectivity index (χ0v) is 15.7. The van der Waals surface area contributed by atoms with E-state index in [1.807, 2.05) is 0 Å². The van der Waals surface area contributed by atoms with Crippen LogP contribution in [0.15, 0.2) is 42.5 Å². The number of hydrogen-bond acceptors (Lipinski definition) is 3. The molecule has 2 aromatic carbocycles. The predicted molar refractivity (Wildman–Crippen MR) is 101 cm³/mol. The van der Waals surface area contributed by atoms with Crippen molar-refractivity contribution < 1.29 is 27.5 Å². The van der Waals surface area contributed by atoms with Crippen molar-refractivity contribution in [2.45, 2.75) is 0 Å². The quantitative estimate of drug-likeness (QED) is 0.736. The van der Waals surface area contributed by atoms with Crippen molar-refractivity contribution in [3.05, 3.63) is 71.1 Å². The first kappa shape index (κ1) is 20.4. The molecule has 0 unspecified atom stereocenters. The molecule has 0 atom stereocenters. The van der Waals surface area contributed by atoms with Crippen molar-refractivity contribution in [3.63, 3.8) is 0 Å². The van der Waals surface area contributed by atoms with Crippen molar-refractivity contribution >= 4 is 17.9 Å². The van der Waals surface area contributed by atoms with Gasteiger partial charge in [0.2, 0.25) is 5.91 Å². The van der Waals surface area contributed by atoms with Gasteiger partial charge in [-0.2, -0.15) is 0 Å². The molecule has 29 heavy (non-hydrogen) atoms. The summed E-state index contributed by atoms with van der Waals surface area (Å²) in [5, 5.41) is 0. The summed E-state index contributed by atoms with van der Waals surface area (Å²) in [5.74, 6) is -3.17. The lowest BCUT2D eigenvalue weighted by Gasteiger charge is -2.34. The number of halogens is 3. The second kappa shape index (κ2) is 8.81. The Balaban J connectivity index is 1.57. The Morgan fingerprint density at radius 3 is 2.21 bits per heavy atom. The van der Waals surface area contributed by atoms with Crippen LogP contribution in [0, 0.1) is 17.5 Å². The van der Waals surface area contributed by atoms with E-state index in [2.05, 4.69) is 0 Å². The molecule has 0 radical (unpaired) electrons. The van der Waals surface area contributed by atoms with Gasteiger partial charge in [-0.15, -0.1) is 0 Å². The van der Waals surface area contributed by atoms with Crippen molar-refractivity contribution in [1.29, 1.82) is 0 Å². The number of benzene rings is 2. The first-order chi connectivity index (χ1) is 13.9. The number of rotatable bonds is 4. The molecule has 2 amide bonds. The fourth-order valence-electron chi connectivity index (χ4n) is 3.00. The Labute approximate surface area is 166 Å². The summed E-state index contributed by atoms with van der Waals surface area (Å²) in [5.41, 5.74) is 0.578. The van der Waals surface area contributed by atoms with Gasteiger partial charge in [-0.25, -0.2) is 13.2 Å². The van der Waals surface area contributed by atoms with Gasteiger partial charge in [0, 0.05) is 37.8 Å². The van der Waals surface area contributed by atoms with Crippen LogP contribution in [0.5, 0.6) is 5.75 Å². The van der Waals surface area contributed by atoms with E-state index in [1.165, 1.54) is 42.4 Å². The summed E-state index contributed by atoms with van der Waals surface area (Å²) in [6, 6.07) is 7.38. The Hall–Kier alpha value is -3.29. The summed E-state index contributed by atoms with van der Waals surface area (Å²) >= 11 is 0. The Morgan fingerprint density at radius 1 is 0.897 bits per heavy atom. The zero-order chi connectivity index (χ0) is 21.0. The van der Waals surface area contributed by atoms with Crippen LogP contribution in [-0.4, -0.2) is 54.9 Å². The third-order valence-electron chi connectivity index (χ3n) is 4.64. The average Bonchev–Trinajstić information content (AvgIpc) is 2.73. The van der Waals surface area contributed by atoms with Crippen molar-refractivity contribution in [2.24, 2.45) is 0 Å². The van der Waals surface area contributed by atoms with Crippen LogP contribution in [0.4, 0.5) is 13.2 Å². The summed E-state index contributed by atoms with van der Waals surface area (Å²) in [7, 11) is 1.37. The lowest BCUT2D eigenvalue weighted by Crippen LogP contribution is -2.50. The van der Waals surface area contributed by atoms with Crippen LogP contribution < -0.4 is 4.74 Å². The highest BCUT2D eigenvalue weighted by molar-refractivity contribution is 5.95. The number of methoxy groups -OCH3 is 1. The minimum absolute atomic E-state index is 0.0603. The van der Waals surface area contributed by atoms with E-state index in [1.54, 1.807) is 11.0 Å². The number of nitrogens with zero attached hydrogens (tertiary/aromatic N) is 2. The molecule has 0 aliphatic carbocycles. The molecule has 0 saturated carbocycles. The van der Waals surface area contributed by atoms with E-state index < -0.39 is 23.4 Å². The van der Waals surface area contributed by atoms with E-state index in [0.717, 1.165) is 12.1 Å². The molecule has 1 fully saturated rings. The number of hydrogen-bond donors (Lipinski definition) is 0. The van der Waals surface area contributed by atoms with Crippen molar-refractivity contribution in [3.8, 4) is 5.75 Å². The van der Waals surface area contributed by atoms with E-state index >= 15 is 0 Å². The van der Waals surface area contributed by atoms with Crippen LogP contribution in [-0.2, 0) is 4.79 Å². The standard InChI is InChI=1S/C21H19F3N2O3/c1-29-19-6-2-14(12-18(19)24)3-7-20(27)25-8-10-26(11-9-25)21(28)15-4-5-16(22)17(23)13-15/h2-7,12-13H,8-11H2,1H3/b7-3+. The van der Waals surface area contributed by atoms with Crippen molar-refractivity contribution in [1.82, 2.24) is 9.80 Å². The van der Waals surface area contributed by atoms with Gasteiger partial charge in [0.15, 0.2) is 23.2 Å². The second-order valence-corrected chi connectivity index (χ2v) is 6.47. The Bertz CT molecular complexity index is 954. The topological polar surface area (TPSA) is 49.9 Å². The van der Waals surface area contributed by atoms with Crippen LogP contribution in [0.3, 0.4) is 0 Å². The molecule has 1 aliphatic heterocycles. The number of ether oxygens (including phenoxy) is 1. The summed E-state index contributed by atoms with van der Waals surface area (Å²) in [6.07, 6.45) is 2.84. The number of carbonyl (C=O) groups is 2. The average molecular weight is 404 g/mol. The van der Waals surface area contributed by atoms with Crippen LogP contribution in [0.2, 0.25) is 0 Å². The van der Waals surface area contributed by atoms with Gasteiger partial charge in [-0.1, -0.05) is 6.07 Å². The zero-order valence-electron chi connectivity index (χ0n) is 15.7. The Morgan fingerprint density at radius 2 is 1.59 bits per heavy atom. The highest BCUT2D eigenvalue weighted by Crippen LogP contribution is 2.18. The molecule has 1 saturated heterocycles. The second-order valence-electron chi connectivity index (χ2n) is 6.47. The Kier molecular flexibility index (Phi) is 6.21. The van der Waals surface area contributed by atoms with E-state index in [9.17, 15) is 22.8 Å². The van der Waals surface area contributed by atoms with E-state index in [4.69, 9.17) is 4.74 Å².